The van der Waals surface area contributed by atoms with Crippen molar-refractivity contribution in [2.24, 2.45) is 0 Å². The Bertz CT molecular complexity index is 727. The summed E-state index contributed by atoms with van der Waals surface area (Å²) in [4.78, 5) is 0. The van der Waals surface area contributed by atoms with Gasteiger partial charge in [0.2, 0.25) is 0 Å². The molecule has 0 fully saturated rings. The molecule has 1 aliphatic rings. The van der Waals surface area contributed by atoms with Gasteiger partial charge in [0.15, 0.2) is 0 Å². The van der Waals surface area contributed by atoms with Crippen LogP contribution >= 0.6 is 11.6 Å². The molecule has 114 valence electrons. The Balaban J connectivity index is 2.15. The molecule has 0 radical (unpaired) electrons. The Hall–Kier alpha value is -2.38. The topological polar surface area (TPSA) is 74.1 Å². The molecule has 1 N–H and O–H groups in total. The number of nitrogens with one attached hydrogen (secondary N) is 1. The molecule has 0 spiro atoms. The number of tetrazole rings is 1. The number of aromatic nitrogens is 4. The smallest absolute Gasteiger partial charge is 0.147 e. The summed E-state index contributed by atoms with van der Waals surface area (Å²) in [6.07, 6.45) is 4.94. The predicted molar refractivity (Wildman–Crippen MR) is 81.2 cm³/mol. The van der Waals surface area contributed by atoms with Crippen molar-refractivity contribution in [3.8, 4) is 5.69 Å². The van der Waals surface area contributed by atoms with E-state index in [2.05, 4.69) is 20.8 Å². The van der Waals surface area contributed by atoms with Crippen LogP contribution in [0, 0.1) is 0 Å². The highest BCUT2D eigenvalue weighted by Crippen LogP contribution is 2.32. The number of dihydropyridines is 1. The Morgan fingerprint density at radius 1 is 1.32 bits per heavy atom. The van der Waals surface area contributed by atoms with Gasteiger partial charge in [-0.1, -0.05) is 11.6 Å². The number of methoxy groups -OCH3 is 2. The van der Waals surface area contributed by atoms with Crippen LogP contribution < -0.4 is 5.32 Å². The summed E-state index contributed by atoms with van der Waals surface area (Å²) in [6, 6.07) is 5.48. The second-order valence-electron chi connectivity index (χ2n) is 4.53. The highest BCUT2D eigenvalue weighted by molar-refractivity contribution is 6.30. The lowest BCUT2D eigenvalue weighted by molar-refractivity contribution is 0.121. The van der Waals surface area contributed by atoms with Gasteiger partial charge in [-0.25, -0.2) is 0 Å². The first-order chi connectivity index (χ1) is 10.7. The minimum Gasteiger partial charge on any atom is -0.495 e. The second-order valence-corrected chi connectivity index (χ2v) is 4.97. The molecule has 0 amide bonds. The van der Waals surface area contributed by atoms with E-state index in [9.17, 15) is 0 Å². The molecule has 0 saturated heterocycles. The molecule has 8 heteroatoms. The molecular formula is C14H14ClN5O2. The fraction of sp³-hybridized carbons (Fsp3) is 0.214. The normalized spacial score (nSPS) is 17.5. The molecule has 1 aromatic carbocycles. The Labute approximate surface area is 132 Å². The molecule has 7 nitrogen and oxygen atoms in total. The number of allylic oxidation sites excluding steroid dienone is 1. The van der Waals surface area contributed by atoms with E-state index in [1.807, 2.05) is 18.2 Å². The Morgan fingerprint density at radius 3 is 2.86 bits per heavy atom. The molecule has 3 rings (SSSR count). The van der Waals surface area contributed by atoms with Crippen molar-refractivity contribution in [3.63, 3.8) is 0 Å². The van der Waals surface area contributed by atoms with Crippen molar-refractivity contribution in [1.29, 1.82) is 0 Å². The lowest BCUT2D eigenvalue weighted by Gasteiger charge is -2.23. The minimum atomic E-state index is -0.255. The van der Waals surface area contributed by atoms with Crippen LogP contribution in [0.5, 0.6) is 0 Å². The third kappa shape index (κ3) is 2.68. The molecule has 0 bridgehead atoms. The summed E-state index contributed by atoms with van der Waals surface area (Å²) in [6.45, 7) is 0. The first kappa shape index (κ1) is 14.6. The van der Waals surface area contributed by atoms with Gasteiger partial charge in [-0.05, 0) is 34.7 Å². The van der Waals surface area contributed by atoms with Gasteiger partial charge in [-0.15, -0.1) is 5.10 Å². The summed E-state index contributed by atoms with van der Waals surface area (Å²) in [5.41, 5.74) is 2.48. The van der Waals surface area contributed by atoms with E-state index >= 15 is 0 Å². The molecular weight excluding hydrogens is 306 g/mol. The standard InChI is InChI=1S/C14H14ClN5O2/c1-21-13-7-16-14(22-2)6-11(13)10-5-9(15)3-4-12(10)20-8-17-18-19-20/h3-8,14,16H,1-2H3. The Morgan fingerprint density at radius 2 is 2.18 bits per heavy atom. The number of ether oxygens (including phenoxy) is 2. The van der Waals surface area contributed by atoms with Crippen LogP contribution in [0.3, 0.4) is 0 Å². The highest BCUT2D eigenvalue weighted by atomic mass is 35.5. The summed E-state index contributed by atoms with van der Waals surface area (Å²) in [7, 11) is 3.23. The molecule has 2 aromatic rings. The predicted octanol–water partition coefficient (Wildman–Crippen LogP) is 1.76. The van der Waals surface area contributed by atoms with E-state index in [0.717, 1.165) is 16.8 Å². The number of nitrogens with zero attached hydrogens (tertiary/aromatic N) is 4. The highest BCUT2D eigenvalue weighted by Gasteiger charge is 2.21. The first-order valence-electron chi connectivity index (χ1n) is 6.51. The maximum absolute atomic E-state index is 6.16. The van der Waals surface area contributed by atoms with Gasteiger partial charge in [-0.2, -0.15) is 4.68 Å². The number of rotatable bonds is 4. The second kappa shape index (κ2) is 6.17. The summed E-state index contributed by atoms with van der Waals surface area (Å²) < 4.78 is 12.3. The van der Waals surface area contributed by atoms with Crippen molar-refractivity contribution in [2.45, 2.75) is 6.23 Å². The molecule has 1 unspecified atom stereocenters. The van der Waals surface area contributed by atoms with Crippen LogP contribution in [0.4, 0.5) is 0 Å². The van der Waals surface area contributed by atoms with Gasteiger partial charge in [0.05, 0.1) is 12.8 Å². The zero-order chi connectivity index (χ0) is 15.5. The van der Waals surface area contributed by atoms with Crippen LogP contribution in [0.1, 0.15) is 5.56 Å². The van der Waals surface area contributed by atoms with E-state index in [1.165, 1.54) is 6.33 Å². The van der Waals surface area contributed by atoms with Crippen LogP contribution in [-0.4, -0.2) is 40.7 Å². The average Bonchev–Trinajstić information content (AvgIpc) is 3.08. The van der Waals surface area contributed by atoms with E-state index < -0.39 is 0 Å². The van der Waals surface area contributed by atoms with Crippen molar-refractivity contribution in [3.05, 3.63) is 53.1 Å². The lowest BCUT2D eigenvalue weighted by atomic mass is 9.99. The van der Waals surface area contributed by atoms with Gasteiger partial charge in [0.1, 0.15) is 18.3 Å². The zero-order valence-corrected chi connectivity index (χ0v) is 12.8. The van der Waals surface area contributed by atoms with Gasteiger partial charge in [0.25, 0.3) is 0 Å². The third-order valence-corrected chi connectivity index (χ3v) is 3.52. The van der Waals surface area contributed by atoms with Crippen molar-refractivity contribution in [1.82, 2.24) is 25.5 Å². The fourth-order valence-corrected chi connectivity index (χ4v) is 2.41. The lowest BCUT2D eigenvalue weighted by Crippen LogP contribution is -2.28. The molecule has 1 aliphatic heterocycles. The monoisotopic (exact) mass is 319 g/mol. The van der Waals surface area contributed by atoms with E-state index in [0.29, 0.717) is 10.8 Å². The fourth-order valence-electron chi connectivity index (χ4n) is 2.24. The van der Waals surface area contributed by atoms with Crippen LogP contribution in [0.15, 0.2) is 42.6 Å². The van der Waals surface area contributed by atoms with Crippen molar-refractivity contribution in [2.75, 3.05) is 14.2 Å². The number of hydrogen-bond acceptors (Lipinski definition) is 6. The number of halogens is 1. The first-order valence-corrected chi connectivity index (χ1v) is 6.89. The minimum absolute atomic E-state index is 0.255. The van der Waals surface area contributed by atoms with Gasteiger partial charge >= 0.3 is 0 Å². The summed E-state index contributed by atoms with van der Waals surface area (Å²) in [5, 5.41) is 15.0. The maximum Gasteiger partial charge on any atom is 0.147 e. The molecule has 1 atom stereocenters. The van der Waals surface area contributed by atoms with E-state index in [-0.39, 0.29) is 6.23 Å². The van der Waals surface area contributed by atoms with Gasteiger partial charge in [-0.3, -0.25) is 0 Å². The van der Waals surface area contributed by atoms with Crippen LogP contribution in [0.2, 0.25) is 5.02 Å². The number of benzene rings is 1. The molecule has 1 aromatic heterocycles. The van der Waals surface area contributed by atoms with Crippen LogP contribution in [0.25, 0.3) is 11.3 Å². The zero-order valence-electron chi connectivity index (χ0n) is 12.0. The average molecular weight is 320 g/mol. The van der Waals surface area contributed by atoms with Gasteiger partial charge in [0, 0.05) is 29.5 Å². The van der Waals surface area contributed by atoms with Gasteiger partial charge < -0.3 is 14.8 Å². The largest absolute Gasteiger partial charge is 0.495 e. The quantitative estimate of drug-likeness (QED) is 0.925. The van der Waals surface area contributed by atoms with Crippen LogP contribution in [-0.2, 0) is 9.47 Å². The van der Waals surface area contributed by atoms with E-state index in [1.54, 1.807) is 31.2 Å². The Kier molecular flexibility index (Phi) is 4.08. The SMILES string of the molecule is COC1=CNC(OC)C=C1c1cc(Cl)ccc1-n1cnnn1. The molecule has 22 heavy (non-hydrogen) atoms. The van der Waals surface area contributed by atoms with Crippen molar-refractivity contribution >= 4 is 17.2 Å². The maximum atomic E-state index is 6.16. The molecule has 2 heterocycles. The van der Waals surface area contributed by atoms with E-state index in [4.69, 9.17) is 21.1 Å². The summed E-state index contributed by atoms with van der Waals surface area (Å²) in [5.74, 6) is 0.671. The molecule has 0 aliphatic carbocycles. The number of hydrogen-bond donors (Lipinski definition) is 1. The third-order valence-electron chi connectivity index (χ3n) is 3.28. The molecule has 0 saturated carbocycles. The summed E-state index contributed by atoms with van der Waals surface area (Å²) >= 11 is 6.16. The van der Waals surface area contributed by atoms with Crippen molar-refractivity contribution < 1.29 is 9.47 Å².